The molecule has 88 valence electrons. The fraction of sp³-hybridized carbons (Fsp3) is 0.429. The van der Waals surface area contributed by atoms with Crippen LogP contribution in [0.5, 0.6) is 0 Å². The Morgan fingerprint density at radius 2 is 2.06 bits per heavy atom. The molecular weight excluding hydrogens is 198 g/mol. The summed E-state index contributed by atoms with van der Waals surface area (Å²) in [6, 6.07) is 10.3. The molecule has 1 rings (SSSR count). The SMILES string of the molecule is C/C(=C\c1ccccc1)CNCC(C)CO. The van der Waals surface area contributed by atoms with E-state index < -0.39 is 0 Å². The standard InChI is InChI=1S/C14H21NO/c1-12(9-15-10-13(2)11-16)8-14-6-4-3-5-7-14/h3-8,13,15-16H,9-11H2,1-2H3/b12-8+. The summed E-state index contributed by atoms with van der Waals surface area (Å²) in [5.41, 5.74) is 2.54. The van der Waals surface area contributed by atoms with Crippen LogP contribution in [0.25, 0.3) is 6.08 Å². The van der Waals surface area contributed by atoms with E-state index in [2.05, 4.69) is 30.4 Å². The second kappa shape index (κ2) is 7.20. The molecule has 0 saturated heterocycles. The largest absolute Gasteiger partial charge is 0.396 e. The second-order valence-electron chi connectivity index (χ2n) is 4.32. The lowest BCUT2D eigenvalue weighted by Crippen LogP contribution is -2.24. The molecular formula is C14H21NO. The van der Waals surface area contributed by atoms with Crippen molar-refractivity contribution in [3.8, 4) is 0 Å². The van der Waals surface area contributed by atoms with Gasteiger partial charge in [0.05, 0.1) is 0 Å². The Morgan fingerprint density at radius 1 is 1.38 bits per heavy atom. The zero-order valence-electron chi connectivity index (χ0n) is 10.1. The Labute approximate surface area is 98.0 Å². The fourth-order valence-corrected chi connectivity index (χ4v) is 1.47. The van der Waals surface area contributed by atoms with Gasteiger partial charge in [-0.2, -0.15) is 0 Å². The first-order valence-electron chi connectivity index (χ1n) is 5.76. The zero-order chi connectivity index (χ0) is 11.8. The van der Waals surface area contributed by atoms with Crippen molar-refractivity contribution in [2.24, 2.45) is 5.92 Å². The predicted octanol–water partition coefficient (Wildman–Crippen LogP) is 2.31. The lowest BCUT2D eigenvalue weighted by Gasteiger charge is -2.09. The highest BCUT2D eigenvalue weighted by Gasteiger charge is 1.98. The number of rotatable bonds is 6. The van der Waals surface area contributed by atoms with Crippen molar-refractivity contribution >= 4 is 6.08 Å². The topological polar surface area (TPSA) is 32.3 Å². The summed E-state index contributed by atoms with van der Waals surface area (Å²) in [7, 11) is 0. The van der Waals surface area contributed by atoms with E-state index in [1.807, 2.05) is 25.1 Å². The highest BCUT2D eigenvalue weighted by molar-refractivity contribution is 5.52. The first kappa shape index (κ1) is 12.9. The number of benzene rings is 1. The second-order valence-corrected chi connectivity index (χ2v) is 4.32. The molecule has 16 heavy (non-hydrogen) atoms. The Bertz CT molecular complexity index is 319. The van der Waals surface area contributed by atoms with Gasteiger partial charge in [-0.05, 0) is 18.4 Å². The van der Waals surface area contributed by atoms with E-state index in [0.717, 1.165) is 13.1 Å². The number of hydrogen-bond acceptors (Lipinski definition) is 2. The van der Waals surface area contributed by atoms with Crippen molar-refractivity contribution in [2.75, 3.05) is 19.7 Å². The monoisotopic (exact) mass is 219 g/mol. The van der Waals surface area contributed by atoms with Gasteiger partial charge in [0.1, 0.15) is 0 Å². The maximum absolute atomic E-state index is 8.88. The molecule has 1 unspecified atom stereocenters. The Balaban J connectivity index is 2.35. The summed E-state index contributed by atoms with van der Waals surface area (Å²) in [6.07, 6.45) is 2.18. The van der Waals surface area contributed by atoms with Crippen LogP contribution in [-0.4, -0.2) is 24.8 Å². The lowest BCUT2D eigenvalue weighted by atomic mass is 10.1. The number of aliphatic hydroxyl groups excluding tert-OH is 1. The molecule has 1 atom stereocenters. The zero-order valence-corrected chi connectivity index (χ0v) is 10.1. The van der Waals surface area contributed by atoms with E-state index in [4.69, 9.17) is 5.11 Å². The molecule has 1 aromatic rings. The maximum Gasteiger partial charge on any atom is 0.0468 e. The van der Waals surface area contributed by atoms with Gasteiger partial charge >= 0.3 is 0 Å². The molecule has 0 heterocycles. The van der Waals surface area contributed by atoms with Crippen molar-refractivity contribution in [3.05, 3.63) is 41.5 Å². The minimum absolute atomic E-state index is 0.244. The molecule has 0 saturated carbocycles. The number of aliphatic hydroxyl groups is 1. The molecule has 1 aromatic carbocycles. The van der Waals surface area contributed by atoms with Gasteiger partial charge in [0, 0.05) is 19.7 Å². The van der Waals surface area contributed by atoms with Crippen LogP contribution < -0.4 is 5.32 Å². The molecule has 0 aliphatic rings. The molecule has 0 aliphatic heterocycles. The molecule has 2 heteroatoms. The first-order chi connectivity index (χ1) is 7.72. The Kier molecular flexibility index (Phi) is 5.83. The molecule has 0 radical (unpaired) electrons. The predicted molar refractivity (Wildman–Crippen MR) is 69.2 cm³/mol. The first-order valence-corrected chi connectivity index (χ1v) is 5.76. The summed E-state index contributed by atoms with van der Waals surface area (Å²) < 4.78 is 0. The molecule has 0 bridgehead atoms. The van der Waals surface area contributed by atoms with Gasteiger partial charge in [0.25, 0.3) is 0 Å². The van der Waals surface area contributed by atoms with Crippen LogP contribution in [0.4, 0.5) is 0 Å². The van der Waals surface area contributed by atoms with Crippen LogP contribution >= 0.6 is 0 Å². The normalized spacial score (nSPS) is 13.8. The molecule has 0 spiro atoms. The van der Waals surface area contributed by atoms with Crippen LogP contribution in [0.1, 0.15) is 19.4 Å². The summed E-state index contributed by atoms with van der Waals surface area (Å²) in [5, 5.41) is 12.2. The van der Waals surface area contributed by atoms with Crippen molar-refractivity contribution in [3.63, 3.8) is 0 Å². The summed E-state index contributed by atoms with van der Waals surface area (Å²) >= 11 is 0. The van der Waals surface area contributed by atoms with Gasteiger partial charge < -0.3 is 10.4 Å². The third-order valence-corrected chi connectivity index (χ3v) is 2.42. The van der Waals surface area contributed by atoms with Gasteiger partial charge in [0.15, 0.2) is 0 Å². The quantitative estimate of drug-likeness (QED) is 0.769. The summed E-state index contributed by atoms with van der Waals surface area (Å²) in [5.74, 6) is 0.324. The molecule has 0 amide bonds. The van der Waals surface area contributed by atoms with E-state index in [9.17, 15) is 0 Å². The molecule has 0 fully saturated rings. The van der Waals surface area contributed by atoms with Crippen LogP contribution in [0.2, 0.25) is 0 Å². The number of hydrogen-bond donors (Lipinski definition) is 2. The van der Waals surface area contributed by atoms with E-state index >= 15 is 0 Å². The minimum atomic E-state index is 0.244. The number of nitrogens with one attached hydrogen (secondary N) is 1. The van der Waals surface area contributed by atoms with E-state index in [1.54, 1.807) is 0 Å². The van der Waals surface area contributed by atoms with Gasteiger partial charge in [-0.3, -0.25) is 0 Å². The average Bonchev–Trinajstić information content (AvgIpc) is 2.30. The smallest absolute Gasteiger partial charge is 0.0468 e. The van der Waals surface area contributed by atoms with E-state index in [0.29, 0.717) is 5.92 Å². The Hall–Kier alpha value is -1.12. The third kappa shape index (κ3) is 5.10. The molecule has 2 nitrogen and oxygen atoms in total. The Morgan fingerprint density at radius 3 is 2.69 bits per heavy atom. The third-order valence-electron chi connectivity index (χ3n) is 2.42. The molecule has 2 N–H and O–H groups in total. The van der Waals surface area contributed by atoms with E-state index in [-0.39, 0.29) is 6.61 Å². The molecule has 0 aliphatic carbocycles. The summed E-state index contributed by atoms with van der Waals surface area (Å²) in [6.45, 7) is 6.12. The molecule has 0 aromatic heterocycles. The van der Waals surface area contributed by atoms with Gasteiger partial charge in [0.2, 0.25) is 0 Å². The van der Waals surface area contributed by atoms with Crippen molar-refractivity contribution < 1.29 is 5.11 Å². The minimum Gasteiger partial charge on any atom is -0.396 e. The van der Waals surface area contributed by atoms with Crippen LogP contribution in [0, 0.1) is 5.92 Å². The van der Waals surface area contributed by atoms with Crippen molar-refractivity contribution in [1.82, 2.24) is 5.32 Å². The summed E-state index contributed by atoms with van der Waals surface area (Å²) in [4.78, 5) is 0. The van der Waals surface area contributed by atoms with Gasteiger partial charge in [-0.15, -0.1) is 0 Å². The highest BCUT2D eigenvalue weighted by Crippen LogP contribution is 2.05. The van der Waals surface area contributed by atoms with Gasteiger partial charge in [-0.25, -0.2) is 0 Å². The van der Waals surface area contributed by atoms with Crippen molar-refractivity contribution in [1.29, 1.82) is 0 Å². The maximum atomic E-state index is 8.88. The van der Waals surface area contributed by atoms with Crippen LogP contribution in [0.3, 0.4) is 0 Å². The lowest BCUT2D eigenvalue weighted by molar-refractivity contribution is 0.235. The van der Waals surface area contributed by atoms with Crippen LogP contribution in [0.15, 0.2) is 35.9 Å². The van der Waals surface area contributed by atoms with E-state index in [1.165, 1.54) is 11.1 Å². The fourth-order valence-electron chi connectivity index (χ4n) is 1.47. The average molecular weight is 219 g/mol. The van der Waals surface area contributed by atoms with Gasteiger partial charge in [-0.1, -0.05) is 48.9 Å². The van der Waals surface area contributed by atoms with Crippen LogP contribution in [-0.2, 0) is 0 Å². The van der Waals surface area contributed by atoms with Crippen molar-refractivity contribution in [2.45, 2.75) is 13.8 Å². The highest BCUT2D eigenvalue weighted by atomic mass is 16.3.